The Morgan fingerprint density at radius 2 is 2.09 bits per heavy atom. The van der Waals surface area contributed by atoms with E-state index in [1.54, 1.807) is 30.0 Å². The standard InChI is InChI=1S/C24H31ClN4O6/c1-23(33)15-24(35-14-19(23)29-13-18(25)20(30)27-22(29)32)6-9-28(10-7-24)21(31)16-4-2-5-17(12-16)34-11-3-8-26/h2,4-5,12-13,19,33H,3,6-11,14-15,26H2,1H3,(H,27,30,32)/t19-,23-/m0/s1. The molecule has 10 nitrogen and oxygen atoms in total. The minimum absolute atomic E-state index is 0.0748. The third-order valence-electron chi connectivity index (χ3n) is 6.87. The van der Waals surface area contributed by atoms with Gasteiger partial charge in [0.1, 0.15) is 10.8 Å². The van der Waals surface area contributed by atoms with Gasteiger partial charge >= 0.3 is 5.69 Å². The van der Waals surface area contributed by atoms with Crippen LogP contribution in [-0.2, 0) is 4.74 Å². The molecule has 1 amide bonds. The number of nitrogens with two attached hydrogens (primary N) is 1. The number of halogens is 1. The van der Waals surface area contributed by atoms with E-state index in [2.05, 4.69) is 4.98 Å². The van der Waals surface area contributed by atoms with Crippen LogP contribution in [0.5, 0.6) is 5.75 Å². The van der Waals surface area contributed by atoms with Crippen molar-refractivity contribution in [3.8, 4) is 5.75 Å². The van der Waals surface area contributed by atoms with Gasteiger partial charge in [-0.1, -0.05) is 17.7 Å². The molecular formula is C24H31ClN4O6. The number of hydrogen-bond donors (Lipinski definition) is 3. The van der Waals surface area contributed by atoms with E-state index in [1.807, 2.05) is 6.07 Å². The summed E-state index contributed by atoms with van der Waals surface area (Å²) >= 11 is 5.90. The van der Waals surface area contributed by atoms with Crippen LogP contribution in [0.25, 0.3) is 0 Å². The first kappa shape index (κ1) is 25.4. The van der Waals surface area contributed by atoms with Gasteiger partial charge in [0.25, 0.3) is 11.5 Å². The number of H-pyrrole nitrogens is 1. The van der Waals surface area contributed by atoms with E-state index in [9.17, 15) is 19.5 Å². The van der Waals surface area contributed by atoms with Crippen LogP contribution in [0.3, 0.4) is 0 Å². The van der Waals surface area contributed by atoms with Crippen LogP contribution in [0.1, 0.15) is 49.0 Å². The molecule has 2 saturated heterocycles. The molecule has 1 spiro atoms. The summed E-state index contributed by atoms with van der Waals surface area (Å²) in [5.74, 6) is 0.548. The SMILES string of the molecule is C[C@]1(O)CC2(CCN(C(=O)c3cccc(OCCCN)c3)CC2)OC[C@@H]1n1cc(Cl)c(=O)[nH]c1=O. The number of aromatic nitrogens is 2. The van der Waals surface area contributed by atoms with E-state index < -0.39 is 28.5 Å². The molecular weight excluding hydrogens is 476 g/mol. The summed E-state index contributed by atoms with van der Waals surface area (Å²) < 4.78 is 13.1. The van der Waals surface area contributed by atoms with Crippen molar-refractivity contribution in [1.29, 1.82) is 0 Å². The summed E-state index contributed by atoms with van der Waals surface area (Å²) in [6.07, 6.45) is 3.35. The van der Waals surface area contributed by atoms with Crippen molar-refractivity contribution in [3.05, 3.63) is 61.9 Å². The number of nitrogens with one attached hydrogen (secondary N) is 1. The largest absolute Gasteiger partial charge is 0.494 e. The van der Waals surface area contributed by atoms with Crippen LogP contribution in [0.4, 0.5) is 0 Å². The maximum Gasteiger partial charge on any atom is 0.328 e. The number of piperidine rings is 1. The third-order valence-corrected chi connectivity index (χ3v) is 7.13. The van der Waals surface area contributed by atoms with Crippen LogP contribution < -0.4 is 21.7 Å². The Hall–Kier alpha value is -2.66. The first-order chi connectivity index (χ1) is 16.6. The lowest BCUT2D eigenvalue weighted by molar-refractivity contribution is -0.195. The molecule has 2 aliphatic rings. The first-order valence-corrected chi connectivity index (χ1v) is 12.1. The van der Waals surface area contributed by atoms with Gasteiger partial charge in [0, 0.05) is 31.3 Å². The monoisotopic (exact) mass is 506 g/mol. The second-order valence-electron chi connectivity index (χ2n) is 9.50. The number of carbonyl (C=O) groups excluding carboxylic acids is 1. The highest BCUT2D eigenvalue weighted by Crippen LogP contribution is 2.43. The van der Waals surface area contributed by atoms with E-state index in [1.165, 1.54) is 10.8 Å². The Morgan fingerprint density at radius 3 is 2.77 bits per heavy atom. The fourth-order valence-electron chi connectivity index (χ4n) is 4.94. The lowest BCUT2D eigenvalue weighted by atomic mass is 9.75. The highest BCUT2D eigenvalue weighted by molar-refractivity contribution is 6.30. The number of rotatable bonds is 6. The number of hydrogen-bond acceptors (Lipinski definition) is 7. The molecule has 2 aliphatic heterocycles. The molecule has 35 heavy (non-hydrogen) atoms. The highest BCUT2D eigenvalue weighted by atomic mass is 35.5. The van der Waals surface area contributed by atoms with Gasteiger partial charge in [-0.15, -0.1) is 0 Å². The molecule has 2 atom stereocenters. The molecule has 190 valence electrons. The summed E-state index contributed by atoms with van der Waals surface area (Å²) in [5, 5.41) is 11.1. The quantitative estimate of drug-likeness (QED) is 0.502. The van der Waals surface area contributed by atoms with Gasteiger partial charge in [-0.2, -0.15) is 0 Å². The van der Waals surface area contributed by atoms with Gasteiger partial charge < -0.3 is 25.2 Å². The van der Waals surface area contributed by atoms with Crippen LogP contribution in [0, 0.1) is 0 Å². The second kappa shape index (κ2) is 10.1. The zero-order valence-electron chi connectivity index (χ0n) is 19.7. The fourth-order valence-corrected chi connectivity index (χ4v) is 5.09. The van der Waals surface area contributed by atoms with E-state index >= 15 is 0 Å². The Labute approximate surface area is 207 Å². The van der Waals surface area contributed by atoms with Crippen molar-refractivity contribution in [3.63, 3.8) is 0 Å². The van der Waals surface area contributed by atoms with Gasteiger partial charge in [-0.25, -0.2) is 4.79 Å². The van der Waals surface area contributed by atoms with Crippen molar-refractivity contribution in [1.82, 2.24) is 14.5 Å². The van der Waals surface area contributed by atoms with Gasteiger partial charge in [-0.3, -0.25) is 19.1 Å². The lowest BCUT2D eigenvalue weighted by Crippen LogP contribution is -2.59. The molecule has 0 aliphatic carbocycles. The summed E-state index contributed by atoms with van der Waals surface area (Å²) in [5.41, 5.74) is 2.82. The second-order valence-corrected chi connectivity index (χ2v) is 9.91. The Bertz CT molecular complexity index is 1190. The molecule has 11 heteroatoms. The Balaban J connectivity index is 1.41. The zero-order valence-corrected chi connectivity index (χ0v) is 20.4. The minimum atomic E-state index is -1.29. The van der Waals surface area contributed by atoms with E-state index in [4.69, 9.17) is 26.8 Å². The summed E-state index contributed by atoms with van der Waals surface area (Å²) in [7, 11) is 0. The lowest BCUT2D eigenvalue weighted by Gasteiger charge is -2.51. The van der Waals surface area contributed by atoms with E-state index in [0.29, 0.717) is 50.4 Å². The highest BCUT2D eigenvalue weighted by Gasteiger charge is 2.50. The molecule has 0 saturated carbocycles. The van der Waals surface area contributed by atoms with Crippen molar-refractivity contribution in [2.45, 2.75) is 49.9 Å². The van der Waals surface area contributed by atoms with Crippen LogP contribution in [0.2, 0.25) is 5.02 Å². The molecule has 1 aromatic heterocycles. The van der Waals surface area contributed by atoms with Gasteiger partial charge in [0.2, 0.25) is 0 Å². The maximum atomic E-state index is 13.1. The summed E-state index contributed by atoms with van der Waals surface area (Å²) in [6.45, 7) is 3.71. The van der Waals surface area contributed by atoms with Crippen LogP contribution in [0.15, 0.2) is 40.1 Å². The maximum absolute atomic E-state index is 13.1. The molecule has 0 radical (unpaired) electrons. The number of aliphatic hydroxyl groups is 1. The summed E-state index contributed by atoms with van der Waals surface area (Å²) in [4.78, 5) is 41.0. The molecule has 2 fully saturated rings. The minimum Gasteiger partial charge on any atom is -0.494 e. The van der Waals surface area contributed by atoms with Crippen molar-refractivity contribution in [2.75, 3.05) is 32.8 Å². The number of likely N-dealkylation sites (tertiary alicyclic amines) is 1. The van der Waals surface area contributed by atoms with Crippen molar-refractivity contribution in [2.24, 2.45) is 5.73 Å². The van der Waals surface area contributed by atoms with Gasteiger partial charge in [0.15, 0.2) is 0 Å². The molecule has 4 N–H and O–H groups in total. The number of aromatic amines is 1. The third kappa shape index (κ3) is 5.45. The molecule has 3 heterocycles. The van der Waals surface area contributed by atoms with E-state index in [-0.39, 0.29) is 24.0 Å². The van der Waals surface area contributed by atoms with E-state index in [0.717, 1.165) is 6.42 Å². The topological polar surface area (TPSA) is 140 Å². The molecule has 1 aromatic carbocycles. The Kier molecular flexibility index (Phi) is 7.37. The molecule has 2 aromatic rings. The molecule has 4 rings (SSSR count). The summed E-state index contributed by atoms with van der Waals surface area (Å²) in [6, 6.07) is 6.40. The number of ether oxygens (including phenoxy) is 2. The van der Waals surface area contributed by atoms with Crippen molar-refractivity contribution < 1.29 is 19.4 Å². The van der Waals surface area contributed by atoms with Crippen molar-refractivity contribution >= 4 is 17.5 Å². The fraction of sp³-hybridized carbons (Fsp3) is 0.542. The smallest absolute Gasteiger partial charge is 0.328 e. The van der Waals surface area contributed by atoms with Gasteiger partial charge in [0.05, 0.1) is 30.5 Å². The zero-order chi connectivity index (χ0) is 25.2. The van der Waals surface area contributed by atoms with Crippen LogP contribution in [-0.4, -0.2) is 69.5 Å². The average Bonchev–Trinajstić information content (AvgIpc) is 2.82. The number of amides is 1. The molecule has 0 unspecified atom stereocenters. The average molecular weight is 507 g/mol. The normalized spacial score (nSPS) is 23.9. The van der Waals surface area contributed by atoms with Gasteiger partial charge in [-0.05, 0) is 50.9 Å². The van der Waals surface area contributed by atoms with Crippen LogP contribution >= 0.6 is 11.6 Å². The number of carbonyl (C=O) groups is 1. The first-order valence-electron chi connectivity index (χ1n) is 11.7. The predicted molar refractivity (Wildman–Crippen MR) is 130 cm³/mol. The number of benzene rings is 1. The number of nitrogens with zero attached hydrogens (tertiary/aromatic N) is 2. The molecule has 0 bridgehead atoms. The predicted octanol–water partition coefficient (Wildman–Crippen LogP) is 1.31. The Morgan fingerprint density at radius 1 is 1.34 bits per heavy atom.